The van der Waals surface area contributed by atoms with Crippen molar-refractivity contribution >= 4 is 5.91 Å². The maximum atomic E-state index is 12.4. The van der Waals surface area contributed by atoms with Crippen molar-refractivity contribution in [1.29, 1.82) is 0 Å². The number of carbonyl (C=O) groups excluding carboxylic acids is 1. The topological polar surface area (TPSA) is 41.6 Å². The Hall–Kier alpha value is -0.610. The van der Waals surface area contributed by atoms with Crippen LogP contribution >= 0.6 is 0 Å². The standard InChI is InChI=1S/C13H24N2O2/c1-10-8-15(9-13(2,3)17-10)12(16)11-5-4-6-14-7-11/h10-11,14H,4-9H2,1-3H3/t10?,11-/m1/s1. The van der Waals surface area contributed by atoms with Gasteiger partial charge in [0.05, 0.1) is 17.6 Å². The first-order valence-electron chi connectivity index (χ1n) is 6.65. The van der Waals surface area contributed by atoms with E-state index in [1.165, 1.54) is 0 Å². The fourth-order valence-electron chi connectivity index (χ4n) is 2.94. The highest BCUT2D eigenvalue weighted by Crippen LogP contribution is 2.23. The molecule has 0 aliphatic carbocycles. The average Bonchev–Trinajstić information content (AvgIpc) is 2.26. The fraction of sp³-hybridized carbons (Fsp3) is 0.923. The maximum absolute atomic E-state index is 12.4. The zero-order valence-corrected chi connectivity index (χ0v) is 11.2. The summed E-state index contributed by atoms with van der Waals surface area (Å²) in [5.41, 5.74) is -0.213. The van der Waals surface area contributed by atoms with Crippen molar-refractivity contribution in [3.05, 3.63) is 0 Å². The molecule has 1 unspecified atom stereocenters. The van der Waals surface area contributed by atoms with Crippen molar-refractivity contribution in [3.63, 3.8) is 0 Å². The van der Waals surface area contributed by atoms with Gasteiger partial charge in [-0.1, -0.05) is 0 Å². The van der Waals surface area contributed by atoms with Gasteiger partial charge in [0, 0.05) is 19.6 Å². The minimum absolute atomic E-state index is 0.138. The van der Waals surface area contributed by atoms with Crippen molar-refractivity contribution in [3.8, 4) is 0 Å². The molecular formula is C13H24N2O2. The summed E-state index contributed by atoms with van der Waals surface area (Å²) in [4.78, 5) is 14.4. The van der Waals surface area contributed by atoms with Gasteiger partial charge in [-0.05, 0) is 40.2 Å². The largest absolute Gasteiger partial charge is 0.369 e. The van der Waals surface area contributed by atoms with Crippen molar-refractivity contribution in [2.45, 2.75) is 45.3 Å². The normalized spacial score (nSPS) is 33.5. The molecule has 0 aromatic rings. The lowest BCUT2D eigenvalue weighted by molar-refractivity contribution is -0.162. The molecule has 2 rings (SSSR count). The Morgan fingerprint density at radius 3 is 2.82 bits per heavy atom. The van der Waals surface area contributed by atoms with E-state index in [9.17, 15) is 4.79 Å². The van der Waals surface area contributed by atoms with Gasteiger partial charge in [-0.3, -0.25) is 4.79 Å². The summed E-state index contributed by atoms with van der Waals surface area (Å²) in [6.45, 7) is 9.50. The SMILES string of the molecule is CC1CN(C(=O)[C@@H]2CCCNC2)CC(C)(C)O1. The summed E-state index contributed by atoms with van der Waals surface area (Å²) in [7, 11) is 0. The lowest BCUT2D eigenvalue weighted by atomic mass is 9.96. The molecule has 2 heterocycles. The van der Waals surface area contributed by atoms with Crippen molar-refractivity contribution in [1.82, 2.24) is 10.2 Å². The van der Waals surface area contributed by atoms with Crippen LogP contribution in [0.25, 0.3) is 0 Å². The molecule has 0 saturated carbocycles. The molecule has 2 fully saturated rings. The number of amides is 1. The van der Waals surface area contributed by atoms with Gasteiger partial charge >= 0.3 is 0 Å². The van der Waals surface area contributed by atoms with Crippen LogP contribution in [0.15, 0.2) is 0 Å². The molecule has 2 saturated heterocycles. The van der Waals surface area contributed by atoms with Gasteiger partial charge in [-0.15, -0.1) is 0 Å². The van der Waals surface area contributed by atoms with Crippen LogP contribution in [0.4, 0.5) is 0 Å². The van der Waals surface area contributed by atoms with Gasteiger partial charge in [0.15, 0.2) is 0 Å². The highest BCUT2D eigenvalue weighted by molar-refractivity contribution is 5.79. The Balaban J connectivity index is 1.98. The summed E-state index contributed by atoms with van der Waals surface area (Å²) < 4.78 is 5.83. The Labute approximate surface area is 104 Å². The third kappa shape index (κ3) is 3.19. The molecule has 1 amide bonds. The maximum Gasteiger partial charge on any atom is 0.227 e. The zero-order valence-electron chi connectivity index (χ0n) is 11.2. The molecule has 1 N–H and O–H groups in total. The highest BCUT2D eigenvalue weighted by atomic mass is 16.5. The molecule has 98 valence electrons. The van der Waals surface area contributed by atoms with Crippen LogP contribution in [0.3, 0.4) is 0 Å². The first-order valence-corrected chi connectivity index (χ1v) is 6.65. The molecule has 0 bridgehead atoms. The Kier molecular flexibility index (Phi) is 3.73. The van der Waals surface area contributed by atoms with Gasteiger partial charge in [0.25, 0.3) is 0 Å². The van der Waals surface area contributed by atoms with Gasteiger partial charge in [0.2, 0.25) is 5.91 Å². The minimum atomic E-state index is -0.213. The number of piperidine rings is 1. The van der Waals surface area contributed by atoms with E-state index in [0.29, 0.717) is 12.5 Å². The number of carbonyl (C=O) groups is 1. The summed E-state index contributed by atoms with van der Waals surface area (Å²) >= 11 is 0. The van der Waals surface area contributed by atoms with E-state index in [1.54, 1.807) is 0 Å². The van der Waals surface area contributed by atoms with E-state index in [1.807, 2.05) is 11.8 Å². The van der Waals surface area contributed by atoms with Crippen LogP contribution in [0.2, 0.25) is 0 Å². The second-order valence-corrected chi connectivity index (χ2v) is 5.95. The molecule has 2 aliphatic rings. The van der Waals surface area contributed by atoms with Crippen LogP contribution in [0.1, 0.15) is 33.6 Å². The summed E-state index contributed by atoms with van der Waals surface area (Å²) in [6, 6.07) is 0. The number of rotatable bonds is 1. The van der Waals surface area contributed by atoms with Crippen LogP contribution in [0.5, 0.6) is 0 Å². The fourth-order valence-corrected chi connectivity index (χ4v) is 2.94. The van der Waals surface area contributed by atoms with Crippen LogP contribution < -0.4 is 5.32 Å². The average molecular weight is 240 g/mol. The molecular weight excluding hydrogens is 216 g/mol. The molecule has 17 heavy (non-hydrogen) atoms. The van der Waals surface area contributed by atoms with E-state index in [2.05, 4.69) is 19.2 Å². The van der Waals surface area contributed by atoms with E-state index < -0.39 is 0 Å². The van der Waals surface area contributed by atoms with Gasteiger partial charge in [0.1, 0.15) is 0 Å². The number of hydrogen-bond donors (Lipinski definition) is 1. The van der Waals surface area contributed by atoms with Crippen LogP contribution in [-0.2, 0) is 9.53 Å². The Morgan fingerprint density at radius 1 is 1.47 bits per heavy atom. The second kappa shape index (κ2) is 4.94. The van der Waals surface area contributed by atoms with Crippen molar-refractivity contribution in [2.24, 2.45) is 5.92 Å². The summed E-state index contributed by atoms with van der Waals surface area (Å²) in [5.74, 6) is 0.477. The lowest BCUT2D eigenvalue weighted by Gasteiger charge is -2.43. The smallest absolute Gasteiger partial charge is 0.227 e. The number of hydrogen-bond acceptors (Lipinski definition) is 3. The van der Waals surface area contributed by atoms with E-state index in [-0.39, 0.29) is 17.6 Å². The summed E-state index contributed by atoms with van der Waals surface area (Å²) in [6.07, 6.45) is 2.27. The number of ether oxygens (including phenoxy) is 1. The predicted octanol–water partition coefficient (Wildman–Crippen LogP) is 1.01. The lowest BCUT2D eigenvalue weighted by Crippen LogP contribution is -2.56. The minimum Gasteiger partial charge on any atom is -0.369 e. The van der Waals surface area contributed by atoms with Gasteiger partial charge in [-0.25, -0.2) is 0 Å². The molecule has 4 heteroatoms. The molecule has 0 radical (unpaired) electrons. The molecule has 0 aromatic heterocycles. The van der Waals surface area contributed by atoms with Gasteiger partial charge < -0.3 is 15.0 Å². The highest BCUT2D eigenvalue weighted by Gasteiger charge is 2.36. The van der Waals surface area contributed by atoms with Crippen LogP contribution in [-0.4, -0.2) is 48.7 Å². The zero-order chi connectivity index (χ0) is 12.5. The molecule has 0 spiro atoms. The number of nitrogens with one attached hydrogen (secondary N) is 1. The quantitative estimate of drug-likeness (QED) is 0.744. The predicted molar refractivity (Wildman–Crippen MR) is 66.8 cm³/mol. The van der Waals surface area contributed by atoms with E-state index in [0.717, 1.165) is 32.5 Å². The third-order valence-electron chi connectivity index (χ3n) is 3.53. The summed E-state index contributed by atoms with van der Waals surface area (Å²) in [5, 5.41) is 3.31. The number of nitrogens with zero attached hydrogens (tertiary/aromatic N) is 1. The molecule has 4 nitrogen and oxygen atoms in total. The van der Waals surface area contributed by atoms with Crippen LogP contribution in [0, 0.1) is 5.92 Å². The van der Waals surface area contributed by atoms with Crippen molar-refractivity contribution < 1.29 is 9.53 Å². The van der Waals surface area contributed by atoms with E-state index in [4.69, 9.17) is 4.74 Å². The molecule has 0 aromatic carbocycles. The first kappa shape index (κ1) is 12.8. The van der Waals surface area contributed by atoms with Gasteiger partial charge in [-0.2, -0.15) is 0 Å². The Morgan fingerprint density at radius 2 is 2.24 bits per heavy atom. The number of morpholine rings is 1. The van der Waals surface area contributed by atoms with Crippen molar-refractivity contribution in [2.75, 3.05) is 26.2 Å². The second-order valence-electron chi connectivity index (χ2n) is 5.95. The first-order chi connectivity index (χ1) is 7.98. The molecule has 2 aliphatic heterocycles. The monoisotopic (exact) mass is 240 g/mol. The van der Waals surface area contributed by atoms with E-state index >= 15 is 0 Å². The third-order valence-corrected chi connectivity index (χ3v) is 3.53. The Bertz CT molecular complexity index is 285. The molecule has 2 atom stereocenters.